The van der Waals surface area contributed by atoms with Crippen LogP contribution in [0.15, 0.2) is 83.8 Å². The summed E-state index contributed by atoms with van der Waals surface area (Å²) in [5.41, 5.74) is -3.37. The van der Waals surface area contributed by atoms with E-state index in [0.29, 0.717) is 25.0 Å². The van der Waals surface area contributed by atoms with Gasteiger partial charge in [-0.3, -0.25) is 0 Å². The minimum Gasteiger partial charge on any atom is -0.368 e. The molecule has 5 unspecified atom stereocenters. The first kappa shape index (κ1) is 28.6. The average Bonchev–Trinajstić information content (AvgIpc) is 3.25. The minimum absolute atomic E-state index is 0.0877. The van der Waals surface area contributed by atoms with Crippen molar-refractivity contribution in [1.82, 2.24) is 5.32 Å². The number of hydrogen-bond donors (Lipinski definition) is 1. The van der Waals surface area contributed by atoms with Crippen molar-refractivity contribution in [3.8, 4) is 0 Å². The van der Waals surface area contributed by atoms with Crippen LogP contribution in [0.1, 0.15) is 54.5 Å². The van der Waals surface area contributed by atoms with Crippen molar-refractivity contribution in [2.24, 2.45) is 0 Å². The highest BCUT2D eigenvalue weighted by Gasteiger charge is 2.58. The molecule has 5 atom stereocenters. The molecule has 4 nitrogen and oxygen atoms in total. The minimum atomic E-state index is -4.98. The van der Waals surface area contributed by atoms with Crippen LogP contribution in [0.4, 0.5) is 26.3 Å². The summed E-state index contributed by atoms with van der Waals surface area (Å²) in [6.45, 7) is 1.41. The number of sulfone groups is 1. The monoisotopic (exact) mass is 583 g/mol. The van der Waals surface area contributed by atoms with Gasteiger partial charge < -0.3 is 10.1 Å². The molecule has 2 bridgehead atoms. The van der Waals surface area contributed by atoms with Crippen molar-refractivity contribution in [1.29, 1.82) is 0 Å². The van der Waals surface area contributed by atoms with Gasteiger partial charge in [0.25, 0.3) is 0 Å². The zero-order valence-electron chi connectivity index (χ0n) is 21.3. The fourth-order valence-corrected chi connectivity index (χ4v) is 7.96. The van der Waals surface area contributed by atoms with Gasteiger partial charge >= 0.3 is 12.4 Å². The summed E-state index contributed by atoms with van der Waals surface area (Å²) >= 11 is 0. The third kappa shape index (κ3) is 5.26. The van der Waals surface area contributed by atoms with Crippen molar-refractivity contribution in [2.75, 3.05) is 0 Å². The Morgan fingerprint density at radius 1 is 0.850 bits per heavy atom. The summed E-state index contributed by atoms with van der Waals surface area (Å²) in [4.78, 5) is 0.187. The maximum atomic E-state index is 13.7. The molecule has 2 saturated heterocycles. The maximum absolute atomic E-state index is 13.7. The van der Waals surface area contributed by atoms with Crippen LogP contribution in [0.2, 0.25) is 0 Å². The normalized spacial score (nSPS) is 26.0. The Morgan fingerprint density at radius 3 is 1.95 bits per heavy atom. The predicted octanol–water partition coefficient (Wildman–Crippen LogP) is 7.06. The molecular weight excluding hydrogens is 556 g/mol. The topological polar surface area (TPSA) is 55.4 Å². The van der Waals surface area contributed by atoms with Gasteiger partial charge in [-0.1, -0.05) is 48.5 Å². The summed E-state index contributed by atoms with van der Waals surface area (Å²) in [5.74, 6) is 0. The first-order chi connectivity index (χ1) is 18.7. The molecule has 2 fully saturated rings. The summed E-state index contributed by atoms with van der Waals surface area (Å²) in [5, 5.41) is 2.66. The molecule has 3 aromatic carbocycles. The molecule has 0 amide bonds. The Morgan fingerprint density at radius 2 is 1.40 bits per heavy atom. The molecule has 40 heavy (non-hydrogen) atoms. The van der Waals surface area contributed by atoms with Crippen LogP contribution in [0.5, 0.6) is 0 Å². The second-order valence-corrected chi connectivity index (χ2v) is 12.5. The first-order valence-corrected chi connectivity index (χ1v) is 14.3. The van der Waals surface area contributed by atoms with Gasteiger partial charge in [0, 0.05) is 6.04 Å². The number of halogens is 6. The largest absolute Gasteiger partial charge is 0.416 e. The highest BCUT2D eigenvalue weighted by molar-refractivity contribution is 7.92. The lowest BCUT2D eigenvalue weighted by Crippen LogP contribution is -2.55. The van der Waals surface area contributed by atoms with E-state index in [0.717, 1.165) is 5.56 Å². The van der Waals surface area contributed by atoms with Crippen LogP contribution >= 0.6 is 0 Å². The quantitative estimate of drug-likeness (QED) is 0.316. The molecule has 3 aromatic rings. The van der Waals surface area contributed by atoms with Crippen LogP contribution < -0.4 is 5.32 Å². The van der Waals surface area contributed by atoms with E-state index in [2.05, 4.69) is 5.32 Å². The number of benzene rings is 3. The van der Waals surface area contributed by atoms with Gasteiger partial charge in [0.1, 0.15) is 0 Å². The lowest BCUT2D eigenvalue weighted by atomic mass is 9.80. The molecular formula is C29H27F6NO3S. The van der Waals surface area contributed by atoms with Crippen molar-refractivity contribution >= 4 is 9.84 Å². The summed E-state index contributed by atoms with van der Waals surface area (Å²) in [7, 11) is -3.76. The molecule has 0 radical (unpaired) electrons. The molecule has 0 aliphatic carbocycles. The lowest BCUT2D eigenvalue weighted by Gasteiger charge is -2.43. The van der Waals surface area contributed by atoms with Gasteiger partial charge in [0.2, 0.25) is 0 Å². The molecule has 0 spiro atoms. The van der Waals surface area contributed by atoms with E-state index in [1.807, 2.05) is 12.1 Å². The molecule has 1 N–H and O–H groups in total. The molecule has 2 aliphatic rings. The van der Waals surface area contributed by atoms with Gasteiger partial charge in [-0.25, -0.2) is 8.42 Å². The number of fused-ring (bicyclic) bond motifs is 2. The van der Waals surface area contributed by atoms with Gasteiger partial charge in [-0.2, -0.15) is 26.3 Å². The number of hydrogen-bond acceptors (Lipinski definition) is 4. The standard InChI is InChI=1S/C29H27F6NO3S/c1-18(19-14-21(28(30,31)32)16-22(15-19)29(33,34)35)39-26-13-12-24-25(40(37,38)23-10-6-3-7-11-23)17-27(26,36-24)20-8-4-2-5-9-20/h2-11,14-16,18,24-26,36H,12-13,17H2,1H3. The van der Waals surface area contributed by atoms with Gasteiger partial charge in [0.15, 0.2) is 9.84 Å². The highest BCUT2D eigenvalue weighted by atomic mass is 32.2. The second-order valence-electron chi connectivity index (χ2n) is 10.4. The Hall–Kier alpha value is -2.89. The van der Waals surface area contributed by atoms with E-state index in [9.17, 15) is 34.8 Å². The zero-order chi connectivity index (χ0) is 28.9. The van der Waals surface area contributed by atoms with Gasteiger partial charge in [-0.15, -0.1) is 0 Å². The Labute approximate surface area is 228 Å². The maximum Gasteiger partial charge on any atom is 0.416 e. The summed E-state index contributed by atoms with van der Waals surface area (Å²) in [6.07, 6.45) is -10.9. The summed E-state index contributed by atoms with van der Waals surface area (Å²) in [6, 6.07) is 18.1. The van der Waals surface area contributed by atoms with Crippen molar-refractivity contribution in [3.05, 3.63) is 101 Å². The number of ether oxygens (including phenoxy) is 1. The zero-order valence-corrected chi connectivity index (χ0v) is 22.2. The van der Waals surface area contributed by atoms with E-state index in [4.69, 9.17) is 4.74 Å². The van der Waals surface area contributed by atoms with Crippen LogP contribution in [-0.4, -0.2) is 25.8 Å². The molecule has 0 aromatic heterocycles. The van der Waals surface area contributed by atoms with Crippen molar-refractivity contribution < 1.29 is 39.5 Å². The first-order valence-electron chi connectivity index (χ1n) is 12.8. The van der Waals surface area contributed by atoms with Gasteiger partial charge in [-0.05, 0) is 67.6 Å². The van der Waals surface area contributed by atoms with Crippen LogP contribution in [-0.2, 0) is 32.5 Å². The third-order valence-electron chi connectivity index (χ3n) is 7.91. The SMILES string of the molecule is CC(OC1CCC2NC1(c1ccccc1)CC2S(=O)(=O)c1ccccc1)c1cc(C(F)(F)F)cc(C(F)(F)F)c1. The molecule has 5 rings (SSSR count). The van der Waals surface area contributed by atoms with E-state index in [-0.39, 0.29) is 22.9 Å². The lowest BCUT2D eigenvalue weighted by molar-refractivity contribution is -0.143. The van der Waals surface area contributed by atoms with Crippen molar-refractivity contribution in [2.45, 2.75) is 72.5 Å². The molecule has 2 aliphatic heterocycles. The molecule has 214 valence electrons. The molecule has 2 heterocycles. The third-order valence-corrected chi connectivity index (χ3v) is 10.1. The second kappa shape index (κ2) is 10.2. The van der Waals surface area contributed by atoms with Gasteiger partial charge in [0.05, 0.1) is 39.0 Å². The fraction of sp³-hybridized carbons (Fsp3) is 0.379. The number of alkyl halides is 6. The highest BCUT2D eigenvalue weighted by Crippen LogP contribution is 2.49. The van der Waals surface area contributed by atoms with Crippen LogP contribution in [0.3, 0.4) is 0 Å². The van der Waals surface area contributed by atoms with Crippen LogP contribution in [0.25, 0.3) is 0 Å². The summed E-state index contributed by atoms with van der Waals surface area (Å²) < 4.78 is 115. The number of rotatable bonds is 6. The molecule has 0 saturated carbocycles. The molecule has 11 heteroatoms. The Bertz CT molecular complexity index is 1430. The number of piperidine rings is 1. The fourth-order valence-electron chi connectivity index (χ4n) is 5.96. The van der Waals surface area contributed by atoms with Crippen molar-refractivity contribution in [3.63, 3.8) is 0 Å². The van der Waals surface area contributed by atoms with E-state index >= 15 is 0 Å². The Kier molecular flexibility index (Phi) is 7.29. The van der Waals surface area contributed by atoms with E-state index < -0.39 is 62.4 Å². The average molecular weight is 584 g/mol. The Balaban J connectivity index is 1.52. The van der Waals surface area contributed by atoms with Crippen LogP contribution in [0, 0.1) is 0 Å². The van der Waals surface area contributed by atoms with E-state index in [1.165, 1.54) is 19.1 Å². The predicted molar refractivity (Wildman–Crippen MR) is 136 cm³/mol. The smallest absolute Gasteiger partial charge is 0.368 e. The van der Waals surface area contributed by atoms with E-state index in [1.54, 1.807) is 36.4 Å². The number of nitrogens with one attached hydrogen (secondary N) is 1.